The summed E-state index contributed by atoms with van der Waals surface area (Å²) in [5, 5.41) is 0. The highest BCUT2D eigenvalue weighted by atomic mass is 16.5. The number of hydrogen-bond acceptors (Lipinski definition) is 5. The van der Waals surface area contributed by atoms with E-state index in [1.54, 1.807) is 35.5 Å². The topological polar surface area (TPSA) is 46.2 Å². The molecule has 0 amide bonds. The third kappa shape index (κ3) is 5.47. The lowest BCUT2D eigenvalue weighted by molar-refractivity contribution is 0.355. The molecule has 3 aromatic carbocycles. The van der Waals surface area contributed by atoms with Crippen molar-refractivity contribution in [3.8, 4) is 52.4 Å². The summed E-state index contributed by atoms with van der Waals surface area (Å²) < 4.78 is 26.7. The van der Waals surface area contributed by atoms with Gasteiger partial charge in [-0.05, 0) is 54.6 Å². The predicted molar refractivity (Wildman–Crippen MR) is 124 cm³/mol. The van der Waals surface area contributed by atoms with Crippen molar-refractivity contribution in [2.24, 2.45) is 0 Å². The molecule has 0 bridgehead atoms. The van der Waals surface area contributed by atoms with E-state index in [0.717, 1.165) is 22.3 Å². The van der Waals surface area contributed by atoms with Crippen molar-refractivity contribution in [2.45, 2.75) is 0 Å². The van der Waals surface area contributed by atoms with Crippen molar-refractivity contribution in [3.63, 3.8) is 0 Å². The van der Waals surface area contributed by atoms with Gasteiger partial charge < -0.3 is 23.7 Å². The summed E-state index contributed by atoms with van der Waals surface area (Å²) in [6.07, 6.45) is 0. The molecule has 0 aliphatic carbocycles. The molecular formula is C27H24O5. The number of hydrogen-bond donors (Lipinski definition) is 0. The first kappa shape index (κ1) is 22.5. The van der Waals surface area contributed by atoms with E-state index in [-0.39, 0.29) is 0 Å². The maximum atomic E-state index is 5.42. The summed E-state index contributed by atoms with van der Waals surface area (Å²) in [5.41, 5.74) is 3.19. The van der Waals surface area contributed by atoms with Crippen molar-refractivity contribution in [1.29, 1.82) is 0 Å². The third-order valence-electron chi connectivity index (χ3n) is 4.61. The normalized spacial score (nSPS) is 9.53. The number of benzene rings is 3. The van der Waals surface area contributed by atoms with Gasteiger partial charge in [0.05, 0.1) is 35.5 Å². The first-order valence-corrected chi connectivity index (χ1v) is 9.77. The number of methoxy groups -OCH3 is 5. The highest BCUT2D eigenvalue weighted by Gasteiger charge is 2.04. The van der Waals surface area contributed by atoms with Gasteiger partial charge in [0.2, 0.25) is 0 Å². The molecule has 0 saturated heterocycles. The zero-order valence-corrected chi connectivity index (χ0v) is 18.7. The first-order chi connectivity index (χ1) is 15.6. The van der Waals surface area contributed by atoms with Gasteiger partial charge in [0, 0.05) is 22.3 Å². The summed E-state index contributed by atoms with van der Waals surface area (Å²) in [7, 11) is 8.02. The molecule has 5 nitrogen and oxygen atoms in total. The minimum absolute atomic E-state index is 0.631. The van der Waals surface area contributed by atoms with Crippen molar-refractivity contribution < 1.29 is 23.7 Å². The largest absolute Gasteiger partial charge is 0.497 e. The van der Waals surface area contributed by atoms with Crippen LogP contribution < -0.4 is 23.7 Å². The molecule has 162 valence electrons. The molecule has 0 unspecified atom stereocenters. The Bertz CT molecular complexity index is 1130. The molecule has 3 aromatic rings. The molecule has 3 rings (SSSR count). The highest BCUT2D eigenvalue weighted by molar-refractivity contribution is 5.55. The molecule has 0 atom stereocenters. The minimum Gasteiger partial charge on any atom is -0.497 e. The van der Waals surface area contributed by atoms with Gasteiger partial charge in [0.1, 0.15) is 5.75 Å². The molecule has 0 spiro atoms. The average Bonchev–Trinajstić information content (AvgIpc) is 2.85. The van der Waals surface area contributed by atoms with E-state index in [2.05, 4.69) is 23.7 Å². The third-order valence-corrected chi connectivity index (χ3v) is 4.61. The lowest BCUT2D eigenvalue weighted by Crippen LogP contribution is -1.91. The van der Waals surface area contributed by atoms with Gasteiger partial charge >= 0.3 is 0 Å². The van der Waals surface area contributed by atoms with Crippen LogP contribution in [0.3, 0.4) is 0 Å². The summed E-state index contributed by atoms with van der Waals surface area (Å²) in [5.74, 6) is 15.9. The average molecular weight is 428 g/mol. The minimum atomic E-state index is 0.631. The number of rotatable bonds is 5. The van der Waals surface area contributed by atoms with Gasteiger partial charge in [-0.15, -0.1) is 0 Å². The standard InChI is InChI=1S/C27H24O5/c1-28-23-15-21(8-6-19-10-12-24(29-2)26(17-19)31-4)14-22(16-23)9-7-20-11-13-25(30-3)27(18-20)32-5/h10-18H,1-5H3. The molecule has 32 heavy (non-hydrogen) atoms. The van der Waals surface area contributed by atoms with Crippen LogP contribution in [0.25, 0.3) is 0 Å². The quantitative estimate of drug-likeness (QED) is 0.559. The highest BCUT2D eigenvalue weighted by Crippen LogP contribution is 2.28. The lowest BCUT2D eigenvalue weighted by Gasteiger charge is -2.07. The second kappa shape index (κ2) is 10.7. The van der Waals surface area contributed by atoms with E-state index in [4.69, 9.17) is 23.7 Å². The summed E-state index contributed by atoms with van der Waals surface area (Å²) >= 11 is 0. The van der Waals surface area contributed by atoms with Crippen LogP contribution in [0.1, 0.15) is 22.3 Å². The fourth-order valence-electron chi connectivity index (χ4n) is 2.98. The molecule has 5 heteroatoms. The molecule has 0 heterocycles. The van der Waals surface area contributed by atoms with Crippen LogP contribution in [-0.4, -0.2) is 35.5 Å². The maximum absolute atomic E-state index is 5.42. The lowest BCUT2D eigenvalue weighted by atomic mass is 10.1. The maximum Gasteiger partial charge on any atom is 0.161 e. The van der Waals surface area contributed by atoms with Crippen LogP contribution in [0, 0.1) is 23.7 Å². The van der Waals surface area contributed by atoms with E-state index in [1.165, 1.54) is 0 Å². The predicted octanol–water partition coefficient (Wildman–Crippen LogP) is 4.53. The summed E-state index contributed by atoms with van der Waals surface area (Å²) in [6.45, 7) is 0. The Morgan fingerprint density at radius 3 is 1.19 bits per heavy atom. The Morgan fingerprint density at radius 2 is 0.812 bits per heavy atom. The van der Waals surface area contributed by atoms with Gasteiger partial charge in [-0.3, -0.25) is 0 Å². The fraction of sp³-hybridized carbons (Fsp3) is 0.185. The monoisotopic (exact) mass is 428 g/mol. The van der Waals surface area contributed by atoms with Gasteiger partial charge in [-0.2, -0.15) is 0 Å². The van der Waals surface area contributed by atoms with Crippen LogP contribution in [0.2, 0.25) is 0 Å². The molecule has 0 saturated carbocycles. The van der Waals surface area contributed by atoms with Crippen molar-refractivity contribution in [3.05, 3.63) is 76.9 Å². The second-order valence-electron chi connectivity index (χ2n) is 6.59. The van der Waals surface area contributed by atoms with Crippen molar-refractivity contribution in [2.75, 3.05) is 35.5 Å². The molecule has 0 radical (unpaired) electrons. The molecule has 0 aliphatic heterocycles. The van der Waals surface area contributed by atoms with Gasteiger partial charge in [0.25, 0.3) is 0 Å². The Morgan fingerprint density at radius 1 is 0.406 bits per heavy atom. The molecule has 0 N–H and O–H groups in total. The SMILES string of the molecule is COc1cc(C#Cc2ccc(OC)c(OC)c2)cc(C#Cc2ccc(OC)c(OC)c2)c1. The summed E-state index contributed by atoms with van der Waals surface area (Å²) in [4.78, 5) is 0. The van der Waals surface area contributed by atoms with Crippen molar-refractivity contribution >= 4 is 0 Å². The molecule has 0 aromatic heterocycles. The molecule has 0 fully saturated rings. The Labute approximate surface area is 188 Å². The van der Waals surface area contributed by atoms with E-state index < -0.39 is 0 Å². The van der Waals surface area contributed by atoms with Gasteiger partial charge in [0.15, 0.2) is 23.0 Å². The molecule has 0 aliphatic rings. The Balaban J connectivity index is 1.91. The van der Waals surface area contributed by atoms with Crippen LogP contribution in [0.5, 0.6) is 28.7 Å². The number of ether oxygens (including phenoxy) is 5. The second-order valence-corrected chi connectivity index (χ2v) is 6.59. The van der Waals surface area contributed by atoms with Crippen molar-refractivity contribution in [1.82, 2.24) is 0 Å². The van der Waals surface area contributed by atoms with Crippen LogP contribution in [-0.2, 0) is 0 Å². The summed E-state index contributed by atoms with van der Waals surface area (Å²) in [6, 6.07) is 16.8. The smallest absolute Gasteiger partial charge is 0.161 e. The van der Waals surface area contributed by atoms with E-state index in [9.17, 15) is 0 Å². The Kier molecular flexibility index (Phi) is 7.51. The zero-order chi connectivity index (χ0) is 22.9. The van der Waals surface area contributed by atoms with E-state index >= 15 is 0 Å². The Hall–Kier alpha value is -4.22. The zero-order valence-electron chi connectivity index (χ0n) is 18.7. The van der Waals surface area contributed by atoms with Crippen LogP contribution >= 0.6 is 0 Å². The van der Waals surface area contributed by atoms with Gasteiger partial charge in [-0.25, -0.2) is 0 Å². The van der Waals surface area contributed by atoms with E-state index in [1.807, 2.05) is 54.6 Å². The fourth-order valence-corrected chi connectivity index (χ4v) is 2.98. The van der Waals surface area contributed by atoms with E-state index in [0.29, 0.717) is 28.7 Å². The van der Waals surface area contributed by atoms with Crippen LogP contribution in [0.4, 0.5) is 0 Å². The first-order valence-electron chi connectivity index (χ1n) is 9.77. The van der Waals surface area contributed by atoms with Crippen LogP contribution in [0.15, 0.2) is 54.6 Å². The van der Waals surface area contributed by atoms with Gasteiger partial charge in [-0.1, -0.05) is 23.7 Å². The molecular weight excluding hydrogens is 404 g/mol.